The van der Waals surface area contributed by atoms with E-state index in [9.17, 15) is 9.59 Å². The first-order valence-corrected chi connectivity index (χ1v) is 8.91. The van der Waals surface area contributed by atoms with E-state index >= 15 is 0 Å². The number of aryl methyl sites for hydroxylation is 2. The number of carbonyl (C=O) groups is 1. The number of anilines is 1. The number of amides is 1. The lowest BCUT2D eigenvalue weighted by Crippen LogP contribution is -2.22. The number of rotatable bonds is 4. The molecule has 4 rings (SSSR count). The van der Waals surface area contributed by atoms with E-state index in [0.717, 1.165) is 22.4 Å². The smallest absolute Gasteiger partial charge is 0.290 e. The Morgan fingerprint density at radius 2 is 1.89 bits per heavy atom. The minimum atomic E-state index is -0.353. The number of nitrogens with one attached hydrogen (secondary N) is 2. The van der Waals surface area contributed by atoms with Gasteiger partial charge in [-0.15, -0.1) is 0 Å². The largest absolute Gasteiger partial charge is 0.325 e. The van der Waals surface area contributed by atoms with Gasteiger partial charge in [0.25, 0.3) is 5.56 Å². The molecule has 0 radical (unpaired) electrons. The molecular weight excluding hydrogens is 354 g/mol. The molecule has 7 heteroatoms. The fraction of sp³-hybridized carbons (Fsp3) is 0.143. The zero-order chi connectivity index (χ0) is 19.7. The zero-order valence-electron chi connectivity index (χ0n) is 15.6. The number of carbonyl (C=O) groups excluding carboxylic acids is 1. The summed E-state index contributed by atoms with van der Waals surface area (Å²) in [6, 6.07) is 17.1. The zero-order valence-corrected chi connectivity index (χ0v) is 15.6. The van der Waals surface area contributed by atoms with Crippen molar-refractivity contribution >= 4 is 17.1 Å². The van der Waals surface area contributed by atoms with Crippen LogP contribution in [0.3, 0.4) is 0 Å². The van der Waals surface area contributed by atoms with E-state index in [0.29, 0.717) is 17.0 Å². The van der Waals surface area contributed by atoms with Crippen LogP contribution in [0.1, 0.15) is 17.0 Å². The van der Waals surface area contributed by atoms with Gasteiger partial charge >= 0.3 is 0 Å². The van der Waals surface area contributed by atoms with Crippen molar-refractivity contribution in [1.29, 1.82) is 0 Å². The van der Waals surface area contributed by atoms with Crippen molar-refractivity contribution in [3.63, 3.8) is 0 Å². The quantitative estimate of drug-likeness (QED) is 0.575. The first kappa shape index (κ1) is 17.7. The van der Waals surface area contributed by atoms with Gasteiger partial charge in [-0.1, -0.05) is 42.5 Å². The van der Waals surface area contributed by atoms with E-state index in [4.69, 9.17) is 0 Å². The number of fused-ring (bicyclic) bond motifs is 1. The van der Waals surface area contributed by atoms with Gasteiger partial charge in [0.15, 0.2) is 5.82 Å². The third kappa shape index (κ3) is 3.42. The fourth-order valence-corrected chi connectivity index (χ4v) is 3.03. The molecule has 1 amide bonds. The van der Waals surface area contributed by atoms with Gasteiger partial charge in [-0.2, -0.15) is 10.2 Å². The molecule has 0 saturated carbocycles. The van der Waals surface area contributed by atoms with Gasteiger partial charge in [-0.05, 0) is 37.1 Å². The number of hydrogen-bond donors (Lipinski definition) is 2. The second-order valence-corrected chi connectivity index (χ2v) is 6.70. The van der Waals surface area contributed by atoms with E-state index in [1.807, 2.05) is 62.4 Å². The van der Waals surface area contributed by atoms with Crippen molar-refractivity contribution in [1.82, 2.24) is 19.8 Å². The Morgan fingerprint density at radius 1 is 1.11 bits per heavy atom. The van der Waals surface area contributed by atoms with Crippen LogP contribution in [0.25, 0.3) is 16.8 Å². The Bertz CT molecular complexity index is 1220. The first-order chi connectivity index (χ1) is 13.5. The van der Waals surface area contributed by atoms with E-state index in [-0.39, 0.29) is 17.9 Å². The van der Waals surface area contributed by atoms with E-state index in [1.54, 1.807) is 6.07 Å². The third-order valence-electron chi connectivity index (χ3n) is 4.53. The molecule has 140 valence electrons. The first-order valence-electron chi connectivity index (χ1n) is 8.91. The summed E-state index contributed by atoms with van der Waals surface area (Å²) in [5.74, 6) is 0.130. The number of hydrogen-bond acceptors (Lipinski definition) is 4. The second-order valence-electron chi connectivity index (χ2n) is 6.70. The van der Waals surface area contributed by atoms with Crippen molar-refractivity contribution in [3.05, 3.63) is 81.9 Å². The van der Waals surface area contributed by atoms with Crippen LogP contribution in [-0.2, 0) is 11.2 Å². The number of aromatic nitrogens is 4. The molecule has 2 heterocycles. The molecule has 0 aliphatic heterocycles. The molecule has 2 aromatic carbocycles. The third-order valence-corrected chi connectivity index (χ3v) is 4.53. The highest BCUT2D eigenvalue weighted by Gasteiger charge is 2.15. The molecule has 4 aromatic rings. The normalized spacial score (nSPS) is 10.9. The average Bonchev–Trinajstić information content (AvgIpc) is 3.14. The minimum absolute atomic E-state index is 0.0173. The summed E-state index contributed by atoms with van der Waals surface area (Å²) in [5.41, 5.74) is 4.33. The lowest BCUT2D eigenvalue weighted by atomic mass is 10.1. The molecule has 0 bridgehead atoms. The summed E-state index contributed by atoms with van der Waals surface area (Å²) in [6.07, 6.45) is -0.0173. The SMILES string of the molecule is Cc1ccc(C)c(NC(=O)Cc2n[nH]c(=O)c3cc(-c4ccccc4)nn23)c1. The number of aromatic amines is 1. The topological polar surface area (TPSA) is 92.1 Å². The molecule has 2 N–H and O–H groups in total. The van der Waals surface area contributed by atoms with Gasteiger partial charge in [0.05, 0.1) is 12.1 Å². The maximum atomic E-state index is 12.6. The number of H-pyrrole nitrogens is 1. The highest BCUT2D eigenvalue weighted by molar-refractivity contribution is 5.92. The Kier molecular flexibility index (Phi) is 4.49. The number of nitrogens with zero attached hydrogens (tertiary/aromatic N) is 3. The standard InChI is InChI=1S/C21H19N5O2/c1-13-8-9-14(2)16(10-13)22-20(27)12-19-23-24-21(28)18-11-17(25-26(18)19)15-6-4-3-5-7-15/h3-11H,12H2,1-2H3,(H,22,27)(H,24,28). The number of benzene rings is 2. The maximum absolute atomic E-state index is 12.6. The van der Waals surface area contributed by atoms with E-state index in [1.165, 1.54) is 4.52 Å². The molecule has 0 aliphatic carbocycles. The highest BCUT2D eigenvalue weighted by atomic mass is 16.1. The van der Waals surface area contributed by atoms with Crippen LogP contribution < -0.4 is 10.9 Å². The molecule has 28 heavy (non-hydrogen) atoms. The van der Waals surface area contributed by atoms with Crippen molar-refractivity contribution in [2.75, 3.05) is 5.32 Å². The lowest BCUT2D eigenvalue weighted by molar-refractivity contribution is -0.115. The second kappa shape index (κ2) is 7.11. The molecule has 0 aliphatic rings. The molecule has 0 unspecified atom stereocenters. The van der Waals surface area contributed by atoms with Crippen LogP contribution in [0.15, 0.2) is 59.4 Å². The summed E-state index contributed by atoms with van der Waals surface area (Å²) in [4.78, 5) is 24.7. The minimum Gasteiger partial charge on any atom is -0.325 e. The molecule has 0 saturated heterocycles. The van der Waals surface area contributed by atoms with Crippen LogP contribution in [0.5, 0.6) is 0 Å². The molecular formula is C21H19N5O2. The van der Waals surface area contributed by atoms with E-state index in [2.05, 4.69) is 20.6 Å². The average molecular weight is 373 g/mol. The molecule has 0 fully saturated rings. The Balaban J connectivity index is 1.66. The van der Waals surface area contributed by atoms with Crippen molar-refractivity contribution in [2.45, 2.75) is 20.3 Å². The highest BCUT2D eigenvalue weighted by Crippen LogP contribution is 2.19. The summed E-state index contributed by atoms with van der Waals surface area (Å²) >= 11 is 0. The Hall–Kier alpha value is -3.74. The van der Waals surface area contributed by atoms with Gasteiger partial charge in [-0.25, -0.2) is 9.61 Å². The molecule has 7 nitrogen and oxygen atoms in total. The predicted octanol–water partition coefficient (Wildman–Crippen LogP) is 2.88. The summed E-state index contributed by atoms with van der Waals surface area (Å²) in [5, 5.41) is 13.9. The fourth-order valence-electron chi connectivity index (χ4n) is 3.03. The van der Waals surface area contributed by atoms with Crippen LogP contribution in [-0.4, -0.2) is 25.7 Å². The van der Waals surface area contributed by atoms with Gasteiger partial charge in [0.1, 0.15) is 5.52 Å². The lowest BCUT2D eigenvalue weighted by Gasteiger charge is -2.09. The van der Waals surface area contributed by atoms with Crippen LogP contribution in [0.4, 0.5) is 5.69 Å². The molecule has 0 spiro atoms. The van der Waals surface area contributed by atoms with Gasteiger partial charge in [0.2, 0.25) is 5.91 Å². The maximum Gasteiger partial charge on any atom is 0.290 e. The molecule has 0 atom stereocenters. The van der Waals surface area contributed by atoms with Gasteiger partial charge in [-0.3, -0.25) is 9.59 Å². The van der Waals surface area contributed by atoms with Crippen LogP contribution >= 0.6 is 0 Å². The van der Waals surface area contributed by atoms with Crippen LogP contribution in [0.2, 0.25) is 0 Å². The summed E-state index contributed by atoms with van der Waals surface area (Å²) < 4.78 is 1.43. The summed E-state index contributed by atoms with van der Waals surface area (Å²) in [7, 11) is 0. The van der Waals surface area contributed by atoms with Crippen molar-refractivity contribution in [3.8, 4) is 11.3 Å². The van der Waals surface area contributed by atoms with E-state index < -0.39 is 0 Å². The van der Waals surface area contributed by atoms with Crippen molar-refractivity contribution in [2.24, 2.45) is 0 Å². The van der Waals surface area contributed by atoms with Crippen LogP contribution in [0, 0.1) is 13.8 Å². The Labute approximate surface area is 161 Å². The van der Waals surface area contributed by atoms with Gasteiger partial charge < -0.3 is 5.32 Å². The predicted molar refractivity (Wildman–Crippen MR) is 107 cm³/mol. The summed E-state index contributed by atoms with van der Waals surface area (Å²) in [6.45, 7) is 3.90. The van der Waals surface area contributed by atoms with Gasteiger partial charge in [0, 0.05) is 11.3 Å². The molecule has 2 aromatic heterocycles. The Morgan fingerprint density at radius 3 is 2.68 bits per heavy atom. The van der Waals surface area contributed by atoms with Crippen molar-refractivity contribution < 1.29 is 4.79 Å². The monoisotopic (exact) mass is 373 g/mol.